The third-order valence-corrected chi connectivity index (χ3v) is 2.47. The lowest BCUT2D eigenvalue weighted by atomic mass is 10.1. The first-order valence-corrected chi connectivity index (χ1v) is 5.18. The molecule has 0 atom stereocenters. The zero-order valence-electron chi connectivity index (χ0n) is 8.59. The summed E-state index contributed by atoms with van der Waals surface area (Å²) < 4.78 is 0. The van der Waals surface area contributed by atoms with E-state index in [0.29, 0.717) is 10.8 Å². The van der Waals surface area contributed by atoms with Crippen LogP contribution < -0.4 is 11.5 Å². The molecule has 0 aliphatic rings. The van der Waals surface area contributed by atoms with E-state index in [1.807, 2.05) is 0 Å². The largest absolute Gasteiger partial charge is 0.383 e. The fraction of sp³-hybridized carbons (Fsp3) is 0.400. The molecule has 0 saturated carbocycles. The van der Waals surface area contributed by atoms with Crippen molar-refractivity contribution in [3.8, 4) is 0 Å². The van der Waals surface area contributed by atoms with Crippen molar-refractivity contribution in [3.63, 3.8) is 0 Å². The highest BCUT2D eigenvalue weighted by atomic mass is 35.5. The van der Waals surface area contributed by atoms with Gasteiger partial charge in [-0.1, -0.05) is 24.9 Å². The number of halogens is 1. The van der Waals surface area contributed by atoms with E-state index in [-0.39, 0.29) is 5.69 Å². The summed E-state index contributed by atoms with van der Waals surface area (Å²) in [5.74, 6) is -0.324. The number of unbranched alkanes of at least 4 members (excludes halogenated alkanes) is 1. The zero-order valence-corrected chi connectivity index (χ0v) is 9.34. The molecule has 1 aromatic heterocycles. The van der Waals surface area contributed by atoms with Crippen LogP contribution in [0.25, 0.3) is 0 Å². The Morgan fingerprint density at radius 2 is 2.27 bits per heavy atom. The van der Waals surface area contributed by atoms with Crippen LogP contribution in [0.15, 0.2) is 6.07 Å². The van der Waals surface area contributed by atoms with Crippen LogP contribution in [0.3, 0.4) is 0 Å². The average molecular weight is 228 g/mol. The molecule has 0 saturated heterocycles. The molecule has 5 heteroatoms. The lowest BCUT2D eigenvalue weighted by molar-refractivity contribution is 0.0995. The van der Waals surface area contributed by atoms with Crippen LogP contribution in [0.1, 0.15) is 35.8 Å². The van der Waals surface area contributed by atoms with Gasteiger partial charge in [-0.05, 0) is 18.9 Å². The number of nitrogen functional groups attached to an aromatic ring is 1. The first-order chi connectivity index (χ1) is 7.06. The molecule has 0 aliphatic heterocycles. The van der Waals surface area contributed by atoms with Crippen LogP contribution in [0.4, 0.5) is 5.82 Å². The molecule has 0 radical (unpaired) electrons. The molecule has 0 fully saturated rings. The number of amides is 1. The van der Waals surface area contributed by atoms with Gasteiger partial charge in [0.15, 0.2) is 0 Å². The highest BCUT2D eigenvalue weighted by molar-refractivity contribution is 6.32. The lowest BCUT2D eigenvalue weighted by Gasteiger charge is -2.07. The monoisotopic (exact) mass is 227 g/mol. The van der Waals surface area contributed by atoms with E-state index in [0.717, 1.165) is 24.8 Å². The van der Waals surface area contributed by atoms with Gasteiger partial charge in [-0.25, -0.2) is 4.98 Å². The van der Waals surface area contributed by atoms with E-state index < -0.39 is 5.91 Å². The van der Waals surface area contributed by atoms with E-state index in [9.17, 15) is 4.79 Å². The summed E-state index contributed by atoms with van der Waals surface area (Å²) in [6, 6.07) is 1.46. The number of aromatic nitrogens is 1. The molecule has 1 amide bonds. The number of primary amides is 1. The van der Waals surface area contributed by atoms with Crippen molar-refractivity contribution in [3.05, 3.63) is 22.3 Å². The molecular weight excluding hydrogens is 214 g/mol. The molecule has 0 aromatic carbocycles. The van der Waals surface area contributed by atoms with Crippen LogP contribution in [0.2, 0.25) is 5.02 Å². The van der Waals surface area contributed by atoms with E-state index >= 15 is 0 Å². The van der Waals surface area contributed by atoms with Crippen LogP contribution in [-0.4, -0.2) is 10.9 Å². The number of nitrogens with zero attached hydrogens (tertiary/aromatic N) is 1. The van der Waals surface area contributed by atoms with Crippen LogP contribution in [0.5, 0.6) is 0 Å². The van der Waals surface area contributed by atoms with E-state index in [4.69, 9.17) is 23.1 Å². The van der Waals surface area contributed by atoms with Gasteiger partial charge in [-0.2, -0.15) is 0 Å². The maximum Gasteiger partial charge on any atom is 0.267 e. The van der Waals surface area contributed by atoms with Gasteiger partial charge in [0.1, 0.15) is 11.5 Å². The standard InChI is InChI=1S/C10H14ClN3O/c1-2-3-4-6-7(11)5-8(10(13)15)14-9(6)12/h5H,2-4H2,1H3,(H2,12,14)(H2,13,15). The van der Waals surface area contributed by atoms with E-state index in [1.54, 1.807) is 0 Å². The Labute approximate surface area is 93.6 Å². The molecule has 15 heavy (non-hydrogen) atoms. The van der Waals surface area contributed by atoms with Gasteiger partial charge in [0.05, 0.1) is 0 Å². The number of carbonyl (C=O) groups is 1. The Hall–Kier alpha value is -1.29. The summed E-state index contributed by atoms with van der Waals surface area (Å²) in [6.07, 6.45) is 2.81. The Morgan fingerprint density at radius 1 is 1.60 bits per heavy atom. The normalized spacial score (nSPS) is 10.3. The predicted molar refractivity (Wildman–Crippen MR) is 60.8 cm³/mol. The lowest BCUT2D eigenvalue weighted by Crippen LogP contribution is -2.15. The molecule has 82 valence electrons. The first-order valence-electron chi connectivity index (χ1n) is 4.81. The van der Waals surface area contributed by atoms with Crippen molar-refractivity contribution in [2.75, 3.05) is 5.73 Å². The van der Waals surface area contributed by atoms with Crippen molar-refractivity contribution >= 4 is 23.3 Å². The third kappa shape index (κ3) is 2.83. The topological polar surface area (TPSA) is 82.0 Å². The maximum absolute atomic E-state index is 10.9. The van der Waals surface area contributed by atoms with Crippen molar-refractivity contribution in [1.82, 2.24) is 4.98 Å². The van der Waals surface area contributed by atoms with Crippen LogP contribution in [-0.2, 0) is 6.42 Å². The molecule has 0 aliphatic carbocycles. The second kappa shape index (κ2) is 4.98. The highest BCUT2D eigenvalue weighted by Crippen LogP contribution is 2.23. The molecule has 0 bridgehead atoms. The number of pyridine rings is 1. The summed E-state index contributed by atoms with van der Waals surface area (Å²) in [5.41, 5.74) is 11.7. The smallest absolute Gasteiger partial charge is 0.267 e. The van der Waals surface area contributed by atoms with Gasteiger partial charge < -0.3 is 11.5 Å². The Balaban J connectivity index is 3.04. The Morgan fingerprint density at radius 3 is 2.73 bits per heavy atom. The predicted octanol–water partition coefficient (Wildman–Crippen LogP) is 1.76. The number of anilines is 1. The molecule has 0 spiro atoms. The summed E-state index contributed by atoms with van der Waals surface area (Å²) in [6.45, 7) is 2.08. The Bertz CT molecular complexity index is 356. The maximum atomic E-state index is 10.9. The van der Waals surface area contributed by atoms with Gasteiger partial charge in [-0.15, -0.1) is 0 Å². The minimum absolute atomic E-state index is 0.109. The van der Waals surface area contributed by atoms with Crippen molar-refractivity contribution < 1.29 is 4.79 Å². The molecule has 4 N–H and O–H groups in total. The number of hydrogen-bond acceptors (Lipinski definition) is 3. The minimum atomic E-state index is -0.620. The Kier molecular flexibility index (Phi) is 3.91. The summed E-state index contributed by atoms with van der Waals surface area (Å²) in [4.78, 5) is 14.8. The molecule has 1 rings (SSSR count). The minimum Gasteiger partial charge on any atom is -0.383 e. The fourth-order valence-electron chi connectivity index (χ4n) is 1.29. The van der Waals surface area contributed by atoms with Gasteiger partial charge in [0.25, 0.3) is 5.91 Å². The molecular formula is C10H14ClN3O. The average Bonchev–Trinajstić information content (AvgIpc) is 2.16. The molecule has 4 nitrogen and oxygen atoms in total. The number of nitrogens with two attached hydrogens (primary N) is 2. The number of rotatable bonds is 4. The fourth-order valence-corrected chi connectivity index (χ4v) is 1.58. The second-order valence-corrected chi connectivity index (χ2v) is 3.73. The van der Waals surface area contributed by atoms with Crippen molar-refractivity contribution in [2.24, 2.45) is 5.73 Å². The van der Waals surface area contributed by atoms with Crippen LogP contribution in [0, 0.1) is 0 Å². The van der Waals surface area contributed by atoms with E-state index in [2.05, 4.69) is 11.9 Å². The third-order valence-electron chi connectivity index (χ3n) is 2.13. The van der Waals surface area contributed by atoms with Crippen molar-refractivity contribution in [2.45, 2.75) is 26.2 Å². The SMILES string of the molecule is CCCCc1c(Cl)cc(C(N)=O)nc1N. The summed E-state index contributed by atoms with van der Waals surface area (Å²) >= 11 is 5.99. The quantitative estimate of drug-likeness (QED) is 0.822. The summed E-state index contributed by atoms with van der Waals surface area (Å²) in [5, 5.41) is 0.463. The van der Waals surface area contributed by atoms with Gasteiger partial charge in [0.2, 0.25) is 0 Å². The van der Waals surface area contributed by atoms with Crippen LogP contribution >= 0.6 is 11.6 Å². The number of hydrogen-bond donors (Lipinski definition) is 2. The zero-order chi connectivity index (χ0) is 11.4. The first kappa shape index (κ1) is 11.8. The summed E-state index contributed by atoms with van der Waals surface area (Å²) in [7, 11) is 0. The highest BCUT2D eigenvalue weighted by Gasteiger charge is 2.11. The van der Waals surface area contributed by atoms with Gasteiger partial charge in [0, 0.05) is 10.6 Å². The van der Waals surface area contributed by atoms with Gasteiger partial charge >= 0.3 is 0 Å². The molecule has 1 aromatic rings. The van der Waals surface area contributed by atoms with E-state index in [1.165, 1.54) is 6.07 Å². The van der Waals surface area contributed by atoms with Crippen molar-refractivity contribution in [1.29, 1.82) is 0 Å². The van der Waals surface area contributed by atoms with Gasteiger partial charge in [-0.3, -0.25) is 4.79 Å². The number of carbonyl (C=O) groups excluding carboxylic acids is 1. The molecule has 0 unspecified atom stereocenters. The molecule has 1 heterocycles. The second-order valence-electron chi connectivity index (χ2n) is 3.32.